The van der Waals surface area contributed by atoms with Gasteiger partial charge in [0.1, 0.15) is 17.1 Å². The summed E-state index contributed by atoms with van der Waals surface area (Å²) in [6.45, 7) is 1.82. The number of Topliss-reactive ketones (excluding diaryl/α,β-unsaturated/α-hetero) is 2. The van der Waals surface area contributed by atoms with Crippen molar-refractivity contribution in [1.82, 2.24) is 0 Å². The van der Waals surface area contributed by atoms with Crippen molar-refractivity contribution in [2.24, 2.45) is 11.8 Å². The number of carbonyl (C=O) groups excluding carboxylic acids is 2. The molecule has 7 heteroatoms. The molecule has 188 valence electrons. The average Bonchev–Trinajstić information content (AvgIpc) is 2.89. The summed E-state index contributed by atoms with van der Waals surface area (Å²) in [5.41, 5.74) is 0.388. The Balaban J connectivity index is 0.000000201. The highest BCUT2D eigenvalue weighted by Gasteiger charge is 2.39. The van der Waals surface area contributed by atoms with Crippen LogP contribution in [0.1, 0.15) is 27.6 Å². The Hall–Kier alpha value is -3.78. The van der Waals surface area contributed by atoms with Gasteiger partial charge in [0, 0.05) is 24.3 Å². The number of ether oxygens (including phenoxy) is 2. The summed E-state index contributed by atoms with van der Waals surface area (Å²) in [6, 6.07) is 17.5. The van der Waals surface area contributed by atoms with Crippen molar-refractivity contribution < 1.29 is 34.4 Å². The fourth-order valence-electron chi connectivity index (χ4n) is 3.82. The number of rotatable bonds is 6. The highest BCUT2D eigenvalue weighted by molar-refractivity contribution is 6.01. The average molecular weight is 491 g/mol. The molecule has 2 aromatic carbocycles. The second-order valence-electron chi connectivity index (χ2n) is 8.63. The fraction of sp³-hybridized carbons (Fsp3) is 0.241. The van der Waals surface area contributed by atoms with E-state index < -0.39 is 23.2 Å². The van der Waals surface area contributed by atoms with Crippen LogP contribution in [0.5, 0.6) is 0 Å². The normalized spacial score (nSPS) is 24.0. The Morgan fingerprint density at radius 1 is 0.833 bits per heavy atom. The van der Waals surface area contributed by atoms with E-state index in [0.717, 1.165) is 6.08 Å². The number of allylic oxidation sites excluding steroid dienone is 2. The van der Waals surface area contributed by atoms with Gasteiger partial charge in [0.15, 0.2) is 11.6 Å². The molecule has 0 spiro atoms. The van der Waals surface area contributed by atoms with Crippen LogP contribution in [0, 0.1) is 11.8 Å². The van der Waals surface area contributed by atoms with Crippen LogP contribution in [-0.4, -0.2) is 52.5 Å². The predicted molar refractivity (Wildman–Crippen MR) is 135 cm³/mol. The zero-order chi connectivity index (χ0) is 26.3. The zero-order valence-electron chi connectivity index (χ0n) is 20.4. The van der Waals surface area contributed by atoms with Crippen LogP contribution in [0.3, 0.4) is 0 Å². The molecular weight excluding hydrogens is 460 g/mol. The number of methoxy groups -OCH3 is 2. The molecule has 3 unspecified atom stereocenters. The van der Waals surface area contributed by atoms with E-state index in [4.69, 9.17) is 9.47 Å². The Bertz CT molecular complexity index is 1190. The minimum Gasteiger partial charge on any atom is -0.511 e. The van der Waals surface area contributed by atoms with E-state index in [2.05, 4.69) is 0 Å². The van der Waals surface area contributed by atoms with Crippen molar-refractivity contribution in [3.63, 3.8) is 0 Å². The molecule has 0 aromatic heterocycles. The van der Waals surface area contributed by atoms with E-state index in [1.165, 1.54) is 13.2 Å². The van der Waals surface area contributed by atoms with Gasteiger partial charge in [-0.15, -0.1) is 0 Å². The van der Waals surface area contributed by atoms with Crippen molar-refractivity contribution >= 4 is 11.6 Å². The van der Waals surface area contributed by atoms with Crippen molar-refractivity contribution in [1.29, 1.82) is 0 Å². The first-order chi connectivity index (χ1) is 17.1. The minimum atomic E-state index is -2.23. The Morgan fingerprint density at radius 3 is 1.86 bits per heavy atom. The lowest BCUT2D eigenvalue weighted by Crippen LogP contribution is -2.41. The van der Waals surface area contributed by atoms with Gasteiger partial charge in [-0.3, -0.25) is 9.59 Å². The Labute approximate surface area is 210 Å². The molecule has 2 aliphatic carbocycles. The van der Waals surface area contributed by atoms with Gasteiger partial charge in [0.25, 0.3) is 0 Å². The minimum absolute atomic E-state index is 0.0377. The summed E-state index contributed by atoms with van der Waals surface area (Å²) in [5, 5.41) is 29.8. The number of hydrogen-bond donors (Lipinski definition) is 3. The van der Waals surface area contributed by atoms with Gasteiger partial charge in [-0.25, -0.2) is 0 Å². The van der Waals surface area contributed by atoms with E-state index in [1.54, 1.807) is 86.0 Å². The van der Waals surface area contributed by atoms with Crippen molar-refractivity contribution in [2.45, 2.75) is 18.3 Å². The third-order valence-electron chi connectivity index (χ3n) is 6.00. The summed E-state index contributed by atoms with van der Waals surface area (Å²) in [5.74, 6) is -3.98. The lowest BCUT2D eigenvalue weighted by Gasteiger charge is -2.28. The molecule has 0 saturated carbocycles. The van der Waals surface area contributed by atoms with Crippen molar-refractivity contribution in [3.8, 4) is 0 Å². The van der Waals surface area contributed by atoms with E-state index in [9.17, 15) is 24.9 Å². The second-order valence-corrected chi connectivity index (χ2v) is 8.63. The topological polar surface area (TPSA) is 113 Å². The lowest BCUT2D eigenvalue weighted by molar-refractivity contribution is -0.139. The zero-order valence-corrected chi connectivity index (χ0v) is 20.4. The van der Waals surface area contributed by atoms with Gasteiger partial charge in [-0.05, 0) is 19.1 Å². The summed E-state index contributed by atoms with van der Waals surface area (Å²) in [6.07, 6.45) is 9.16. The standard InChI is InChI=1S/C15H16O3.C14H14O4/c1-15(18-2)9-8-12(13(16)10-15)14(17)11-6-4-3-5-7-11;1-18-11-7-8-12(14(16,17)9-11)13(15)10-5-3-2-4-6-10/h3-10,12,16H,1-2H3;2-9,12,16-17H,1H3. The lowest BCUT2D eigenvalue weighted by atomic mass is 9.86. The number of aliphatic hydroxyl groups is 3. The van der Waals surface area contributed by atoms with Gasteiger partial charge >= 0.3 is 0 Å². The molecule has 0 saturated heterocycles. The molecule has 36 heavy (non-hydrogen) atoms. The Morgan fingerprint density at radius 2 is 1.39 bits per heavy atom. The molecular formula is C29H30O7. The molecule has 3 N–H and O–H groups in total. The highest BCUT2D eigenvalue weighted by atomic mass is 16.5. The highest BCUT2D eigenvalue weighted by Crippen LogP contribution is 2.29. The smallest absolute Gasteiger partial charge is 0.200 e. The monoisotopic (exact) mass is 490 g/mol. The van der Waals surface area contributed by atoms with Crippen LogP contribution >= 0.6 is 0 Å². The third kappa shape index (κ3) is 6.26. The molecule has 7 nitrogen and oxygen atoms in total. The number of benzene rings is 2. The molecule has 3 atom stereocenters. The maximum absolute atomic E-state index is 12.2. The number of carbonyl (C=O) groups is 2. The van der Waals surface area contributed by atoms with E-state index in [0.29, 0.717) is 16.9 Å². The SMILES string of the molecule is COC1(C)C=CC(C(=O)c2ccccc2)C(O)=C1.COC1=CC(O)(O)C(C(=O)c2ccccc2)C=C1. The Kier molecular flexibility index (Phi) is 8.42. The van der Waals surface area contributed by atoms with Crippen LogP contribution in [-0.2, 0) is 9.47 Å². The number of ketones is 2. The van der Waals surface area contributed by atoms with Gasteiger partial charge in [-0.1, -0.05) is 78.9 Å². The first kappa shape index (κ1) is 26.8. The first-order valence-corrected chi connectivity index (χ1v) is 11.3. The van der Waals surface area contributed by atoms with Crippen LogP contribution in [0.2, 0.25) is 0 Å². The molecule has 2 aromatic rings. The van der Waals surface area contributed by atoms with Gasteiger partial charge in [0.05, 0.1) is 18.9 Å². The number of aliphatic hydroxyl groups excluding tert-OH is 1. The van der Waals surface area contributed by atoms with Gasteiger partial charge in [-0.2, -0.15) is 0 Å². The number of hydrogen-bond acceptors (Lipinski definition) is 7. The van der Waals surface area contributed by atoms with Gasteiger partial charge in [0.2, 0.25) is 5.79 Å². The third-order valence-corrected chi connectivity index (χ3v) is 6.00. The van der Waals surface area contributed by atoms with Crippen LogP contribution in [0.4, 0.5) is 0 Å². The van der Waals surface area contributed by atoms with Gasteiger partial charge < -0.3 is 24.8 Å². The second kappa shape index (κ2) is 11.3. The van der Waals surface area contributed by atoms with E-state index in [-0.39, 0.29) is 17.3 Å². The summed E-state index contributed by atoms with van der Waals surface area (Å²) in [4.78, 5) is 24.4. The predicted octanol–water partition coefficient (Wildman–Crippen LogP) is 4.17. The van der Waals surface area contributed by atoms with E-state index >= 15 is 0 Å². The molecule has 0 amide bonds. The maximum atomic E-state index is 12.2. The summed E-state index contributed by atoms with van der Waals surface area (Å²) in [7, 11) is 2.99. The van der Waals surface area contributed by atoms with Crippen molar-refractivity contribution in [3.05, 3.63) is 120 Å². The molecule has 0 fully saturated rings. The molecule has 2 aliphatic rings. The molecule has 0 heterocycles. The summed E-state index contributed by atoms with van der Waals surface area (Å²) >= 11 is 0. The van der Waals surface area contributed by atoms with Crippen LogP contribution < -0.4 is 0 Å². The largest absolute Gasteiger partial charge is 0.511 e. The quantitative estimate of drug-likeness (QED) is 0.316. The molecule has 4 rings (SSSR count). The first-order valence-electron chi connectivity index (χ1n) is 11.3. The van der Waals surface area contributed by atoms with Crippen LogP contribution in [0.15, 0.2) is 109 Å². The summed E-state index contributed by atoms with van der Waals surface area (Å²) < 4.78 is 10.2. The molecule has 0 bridgehead atoms. The maximum Gasteiger partial charge on any atom is 0.200 e. The fourth-order valence-corrected chi connectivity index (χ4v) is 3.82. The van der Waals surface area contributed by atoms with Crippen LogP contribution in [0.25, 0.3) is 0 Å². The van der Waals surface area contributed by atoms with E-state index in [1.807, 2.05) is 13.0 Å². The molecule has 0 aliphatic heterocycles. The van der Waals surface area contributed by atoms with Crippen molar-refractivity contribution in [2.75, 3.05) is 14.2 Å². The molecule has 0 radical (unpaired) electrons.